The van der Waals surface area contributed by atoms with Crippen molar-refractivity contribution in [1.82, 2.24) is 5.32 Å². The van der Waals surface area contributed by atoms with Crippen molar-refractivity contribution in [3.05, 3.63) is 0 Å². The lowest BCUT2D eigenvalue weighted by molar-refractivity contribution is -0.124. The Hall–Kier alpha value is -0.280. The van der Waals surface area contributed by atoms with E-state index in [-0.39, 0.29) is 30.3 Å². The lowest BCUT2D eigenvalue weighted by Crippen LogP contribution is -2.31. The lowest BCUT2D eigenvalue weighted by atomic mass is 10.1. The molecule has 1 rings (SSSR count). The first-order valence-electron chi connectivity index (χ1n) is 6.13. The maximum absolute atomic E-state index is 11.7. The van der Waals surface area contributed by atoms with Gasteiger partial charge in [0.25, 0.3) is 0 Å². The van der Waals surface area contributed by atoms with Crippen LogP contribution in [0.3, 0.4) is 0 Å². The topological polar surface area (TPSA) is 55.1 Å². The van der Waals surface area contributed by atoms with E-state index in [4.69, 9.17) is 5.73 Å². The Bertz CT molecular complexity index is 209. The molecule has 0 spiro atoms. The Labute approximate surface area is 105 Å². The van der Waals surface area contributed by atoms with Gasteiger partial charge in [-0.1, -0.05) is 13.8 Å². The summed E-state index contributed by atoms with van der Waals surface area (Å²) in [6.07, 6.45) is 5.11. The molecule has 0 aromatic heterocycles. The number of halogens is 1. The van der Waals surface area contributed by atoms with Gasteiger partial charge in [-0.25, -0.2) is 0 Å². The molecule has 0 bridgehead atoms. The normalized spacial score (nSPS) is 24.2. The standard InChI is InChI=1S/C12H24N2O.ClH/c1-9(2)4-3-7-14-12(15)10-5-6-11(13)8-10;/h9-11H,3-8,13H2,1-2H3,(H,14,15);1H. The molecular formula is C12H25ClN2O. The summed E-state index contributed by atoms with van der Waals surface area (Å²) in [5.41, 5.74) is 5.78. The minimum absolute atomic E-state index is 0. The number of nitrogens with two attached hydrogens (primary N) is 1. The van der Waals surface area contributed by atoms with Crippen LogP contribution in [0, 0.1) is 11.8 Å². The molecule has 0 saturated heterocycles. The Balaban J connectivity index is 0.00000225. The van der Waals surface area contributed by atoms with Gasteiger partial charge < -0.3 is 11.1 Å². The largest absolute Gasteiger partial charge is 0.356 e. The number of hydrogen-bond acceptors (Lipinski definition) is 2. The smallest absolute Gasteiger partial charge is 0.223 e. The third kappa shape index (κ3) is 5.71. The zero-order valence-corrected chi connectivity index (χ0v) is 11.2. The fourth-order valence-electron chi connectivity index (χ4n) is 2.12. The zero-order valence-electron chi connectivity index (χ0n) is 10.4. The van der Waals surface area contributed by atoms with Gasteiger partial charge in [-0.2, -0.15) is 0 Å². The van der Waals surface area contributed by atoms with Crippen LogP contribution >= 0.6 is 12.4 Å². The van der Waals surface area contributed by atoms with E-state index in [2.05, 4.69) is 19.2 Å². The molecule has 3 N–H and O–H groups in total. The Morgan fingerprint density at radius 1 is 1.44 bits per heavy atom. The molecule has 2 unspecified atom stereocenters. The summed E-state index contributed by atoms with van der Waals surface area (Å²) in [4.78, 5) is 11.7. The number of carbonyl (C=O) groups excluding carboxylic acids is 1. The highest BCUT2D eigenvalue weighted by atomic mass is 35.5. The van der Waals surface area contributed by atoms with E-state index in [0.717, 1.165) is 38.1 Å². The number of nitrogens with one attached hydrogen (secondary N) is 1. The van der Waals surface area contributed by atoms with Crippen molar-refractivity contribution in [2.75, 3.05) is 6.54 Å². The Morgan fingerprint density at radius 3 is 2.62 bits per heavy atom. The van der Waals surface area contributed by atoms with Gasteiger partial charge in [0, 0.05) is 18.5 Å². The van der Waals surface area contributed by atoms with Crippen LogP contribution in [-0.2, 0) is 4.79 Å². The molecule has 1 aliphatic rings. The SMILES string of the molecule is CC(C)CCCNC(=O)C1CCC(N)C1.Cl. The number of hydrogen-bond donors (Lipinski definition) is 2. The first kappa shape index (κ1) is 15.7. The highest BCUT2D eigenvalue weighted by Crippen LogP contribution is 2.23. The number of amides is 1. The predicted molar refractivity (Wildman–Crippen MR) is 69.6 cm³/mol. The third-order valence-corrected chi connectivity index (χ3v) is 3.10. The van der Waals surface area contributed by atoms with Crippen LogP contribution in [0.5, 0.6) is 0 Å². The Morgan fingerprint density at radius 2 is 2.12 bits per heavy atom. The van der Waals surface area contributed by atoms with Crippen LogP contribution in [0.25, 0.3) is 0 Å². The summed E-state index contributed by atoms with van der Waals surface area (Å²) in [6, 6.07) is 0.247. The van der Waals surface area contributed by atoms with E-state index in [1.54, 1.807) is 0 Å². The van der Waals surface area contributed by atoms with Gasteiger partial charge in [-0.3, -0.25) is 4.79 Å². The average molecular weight is 249 g/mol. The van der Waals surface area contributed by atoms with Gasteiger partial charge in [0.2, 0.25) is 5.91 Å². The molecular weight excluding hydrogens is 224 g/mol. The first-order valence-corrected chi connectivity index (χ1v) is 6.13. The summed E-state index contributed by atoms with van der Waals surface area (Å²) < 4.78 is 0. The molecule has 0 aromatic rings. The van der Waals surface area contributed by atoms with Crippen LogP contribution in [0.4, 0.5) is 0 Å². The fraction of sp³-hybridized carbons (Fsp3) is 0.917. The second kappa shape index (κ2) is 7.91. The average Bonchev–Trinajstić information content (AvgIpc) is 2.59. The van der Waals surface area contributed by atoms with Crippen LogP contribution < -0.4 is 11.1 Å². The molecule has 2 atom stereocenters. The summed E-state index contributed by atoms with van der Waals surface area (Å²) in [6.45, 7) is 5.23. The highest BCUT2D eigenvalue weighted by molar-refractivity contribution is 5.85. The van der Waals surface area contributed by atoms with Gasteiger partial charge in [0.05, 0.1) is 0 Å². The van der Waals surface area contributed by atoms with Crippen LogP contribution in [0.2, 0.25) is 0 Å². The van der Waals surface area contributed by atoms with E-state index in [0.29, 0.717) is 0 Å². The number of carbonyl (C=O) groups is 1. The molecule has 0 heterocycles. The van der Waals surface area contributed by atoms with Gasteiger partial charge in [0.1, 0.15) is 0 Å². The molecule has 0 aromatic carbocycles. The lowest BCUT2D eigenvalue weighted by Gasteiger charge is -2.11. The van der Waals surface area contributed by atoms with Crippen LogP contribution in [-0.4, -0.2) is 18.5 Å². The molecule has 16 heavy (non-hydrogen) atoms. The minimum atomic E-state index is 0. The molecule has 3 nitrogen and oxygen atoms in total. The van der Waals surface area contributed by atoms with Crippen molar-refractivity contribution in [3.8, 4) is 0 Å². The van der Waals surface area contributed by atoms with Crippen molar-refractivity contribution < 1.29 is 4.79 Å². The van der Waals surface area contributed by atoms with Crippen LogP contribution in [0.15, 0.2) is 0 Å². The molecule has 1 aliphatic carbocycles. The van der Waals surface area contributed by atoms with Crippen molar-refractivity contribution in [1.29, 1.82) is 0 Å². The molecule has 0 aliphatic heterocycles. The summed E-state index contributed by atoms with van der Waals surface area (Å²) in [5.74, 6) is 1.12. The molecule has 4 heteroatoms. The molecule has 1 amide bonds. The second-order valence-electron chi connectivity index (χ2n) is 5.10. The van der Waals surface area contributed by atoms with E-state index in [1.807, 2.05) is 0 Å². The van der Waals surface area contributed by atoms with Crippen molar-refractivity contribution in [2.24, 2.45) is 17.6 Å². The quantitative estimate of drug-likeness (QED) is 0.732. The molecule has 96 valence electrons. The predicted octanol–water partition coefficient (Wildman–Crippen LogP) is 2.09. The van der Waals surface area contributed by atoms with E-state index in [1.165, 1.54) is 6.42 Å². The second-order valence-corrected chi connectivity index (χ2v) is 5.10. The van der Waals surface area contributed by atoms with E-state index in [9.17, 15) is 4.79 Å². The molecule has 0 radical (unpaired) electrons. The number of rotatable bonds is 5. The van der Waals surface area contributed by atoms with Gasteiger partial charge in [-0.15, -0.1) is 12.4 Å². The maximum Gasteiger partial charge on any atom is 0.223 e. The van der Waals surface area contributed by atoms with Gasteiger partial charge in [-0.05, 0) is 38.0 Å². The van der Waals surface area contributed by atoms with Crippen molar-refractivity contribution in [2.45, 2.75) is 52.0 Å². The maximum atomic E-state index is 11.7. The van der Waals surface area contributed by atoms with E-state index >= 15 is 0 Å². The first-order chi connectivity index (χ1) is 7.09. The molecule has 1 fully saturated rings. The van der Waals surface area contributed by atoms with Gasteiger partial charge >= 0.3 is 0 Å². The Kier molecular flexibility index (Phi) is 7.77. The zero-order chi connectivity index (χ0) is 11.3. The van der Waals surface area contributed by atoms with Crippen molar-refractivity contribution in [3.63, 3.8) is 0 Å². The highest BCUT2D eigenvalue weighted by Gasteiger charge is 2.27. The van der Waals surface area contributed by atoms with Crippen molar-refractivity contribution >= 4 is 18.3 Å². The van der Waals surface area contributed by atoms with E-state index < -0.39 is 0 Å². The molecule has 1 saturated carbocycles. The van der Waals surface area contributed by atoms with Gasteiger partial charge in [0.15, 0.2) is 0 Å². The fourth-order valence-corrected chi connectivity index (χ4v) is 2.12. The monoisotopic (exact) mass is 248 g/mol. The third-order valence-electron chi connectivity index (χ3n) is 3.10. The van der Waals surface area contributed by atoms with Crippen LogP contribution in [0.1, 0.15) is 46.0 Å². The summed E-state index contributed by atoms with van der Waals surface area (Å²) in [5, 5.41) is 3.01. The summed E-state index contributed by atoms with van der Waals surface area (Å²) in [7, 11) is 0. The minimum Gasteiger partial charge on any atom is -0.356 e. The summed E-state index contributed by atoms with van der Waals surface area (Å²) >= 11 is 0.